The second-order valence-electron chi connectivity index (χ2n) is 17.0. The van der Waals surface area contributed by atoms with E-state index in [-0.39, 0.29) is 19.3 Å². The van der Waals surface area contributed by atoms with Crippen molar-refractivity contribution in [2.45, 2.75) is 213 Å². The van der Waals surface area contributed by atoms with Crippen molar-refractivity contribution >= 4 is 25.7 Å². The molecule has 0 saturated heterocycles. The largest absolute Gasteiger partial charge is 0.472 e. The maximum Gasteiger partial charge on any atom is 0.472 e. The number of hydrogen-bond donors (Lipinski definition) is 2. The van der Waals surface area contributed by atoms with Gasteiger partial charge in [0, 0.05) is 12.8 Å². The first kappa shape index (κ1) is 64.4. The number of carbonyl (C=O) groups excluding carboxylic acids is 3. The zero-order valence-electron chi connectivity index (χ0n) is 42.5. The van der Waals surface area contributed by atoms with E-state index in [1.807, 2.05) is 12.2 Å². The Labute approximate surface area is 412 Å². The van der Waals surface area contributed by atoms with Crippen molar-refractivity contribution < 1.29 is 52.2 Å². The van der Waals surface area contributed by atoms with Crippen LogP contribution < -0.4 is 0 Å². The van der Waals surface area contributed by atoms with E-state index in [9.17, 15) is 28.9 Å². The number of ether oxygens (including phenoxy) is 3. The Balaban J connectivity index is 4.91. The highest BCUT2D eigenvalue weighted by Gasteiger charge is 2.28. The van der Waals surface area contributed by atoms with Crippen LogP contribution in [0.25, 0.3) is 0 Å². The van der Waals surface area contributed by atoms with Crippen molar-refractivity contribution in [3.8, 4) is 0 Å². The highest BCUT2D eigenvalue weighted by atomic mass is 31.2. The lowest BCUT2D eigenvalue weighted by atomic mass is 10.1. The average Bonchev–Trinajstić information content (AvgIpc) is 3.32. The Hall–Kier alpha value is -3.60. The first-order chi connectivity index (χ1) is 33.2. The van der Waals surface area contributed by atoms with Crippen LogP contribution in [-0.4, -0.2) is 66.5 Å². The van der Waals surface area contributed by atoms with Crippen molar-refractivity contribution in [3.63, 3.8) is 0 Å². The maximum atomic E-state index is 12.8. The standard InChI is InChI=1S/C56H93O11P/c1-4-7-10-13-16-19-22-24-26-28-31-33-36-39-42-45-54(58)63-49-53(67-56(60)47-44-41-38-35-32-29-27-25-23-20-17-14-11-8-5-2)51-65-68(61,62)64-50-52(48-57)66-55(59)46-43-40-37-34-30-21-18-15-12-9-6-3/h7,10,15-20,24-27,31,33,39,42,52-53,57H,4-6,8-9,11-14,21-23,28-30,32,34-38,40-41,43-51H2,1-3H3,(H,61,62)/b10-7-,18-15-,19-16-,20-17-,26-24-,27-25-,33-31-,42-39-. The van der Waals surface area contributed by atoms with Gasteiger partial charge in [0.25, 0.3) is 0 Å². The molecule has 0 aliphatic carbocycles. The molecule has 0 fully saturated rings. The summed E-state index contributed by atoms with van der Waals surface area (Å²) in [5.74, 6) is -1.65. The molecule has 0 aromatic rings. The molecule has 11 nitrogen and oxygen atoms in total. The molecule has 3 unspecified atom stereocenters. The van der Waals surface area contributed by atoms with Crippen molar-refractivity contribution in [2.75, 3.05) is 26.4 Å². The van der Waals surface area contributed by atoms with Crippen LogP contribution in [0.3, 0.4) is 0 Å². The number of rotatable bonds is 47. The van der Waals surface area contributed by atoms with E-state index >= 15 is 0 Å². The molecule has 12 heteroatoms. The van der Waals surface area contributed by atoms with Gasteiger partial charge in [0.1, 0.15) is 12.7 Å². The minimum atomic E-state index is -4.77. The van der Waals surface area contributed by atoms with Crippen LogP contribution in [0.5, 0.6) is 0 Å². The molecule has 0 bridgehead atoms. The summed E-state index contributed by atoms with van der Waals surface area (Å²) in [6.07, 6.45) is 56.9. The monoisotopic (exact) mass is 973 g/mol. The predicted octanol–water partition coefficient (Wildman–Crippen LogP) is 14.9. The topological polar surface area (TPSA) is 155 Å². The van der Waals surface area contributed by atoms with Gasteiger partial charge in [0.2, 0.25) is 0 Å². The minimum Gasteiger partial charge on any atom is -0.461 e. The Morgan fingerprint density at radius 2 is 0.824 bits per heavy atom. The molecule has 0 saturated carbocycles. The number of phosphoric ester groups is 1. The molecule has 0 amide bonds. The Morgan fingerprint density at radius 3 is 1.31 bits per heavy atom. The number of aliphatic hydroxyl groups is 1. The van der Waals surface area contributed by atoms with Crippen LogP contribution in [0.15, 0.2) is 97.2 Å². The smallest absolute Gasteiger partial charge is 0.461 e. The van der Waals surface area contributed by atoms with Gasteiger partial charge in [0.05, 0.1) is 26.2 Å². The van der Waals surface area contributed by atoms with Gasteiger partial charge < -0.3 is 24.2 Å². The molecule has 388 valence electrons. The molecule has 0 rings (SSSR count). The third-order valence-corrected chi connectivity index (χ3v) is 11.4. The van der Waals surface area contributed by atoms with E-state index in [0.29, 0.717) is 19.3 Å². The fraction of sp³-hybridized carbons (Fsp3) is 0.661. The molecular weight excluding hydrogens is 880 g/mol. The molecule has 68 heavy (non-hydrogen) atoms. The molecule has 0 aromatic carbocycles. The number of phosphoric acid groups is 1. The highest BCUT2D eigenvalue weighted by molar-refractivity contribution is 7.47. The third kappa shape index (κ3) is 47.5. The normalized spacial score (nSPS) is 14.2. The van der Waals surface area contributed by atoms with Gasteiger partial charge in [-0.3, -0.25) is 23.4 Å². The van der Waals surface area contributed by atoms with Crippen molar-refractivity contribution in [1.82, 2.24) is 0 Å². The lowest BCUT2D eigenvalue weighted by Gasteiger charge is -2.21. The van der Waals surface area contributed by atoms with Crippen LogP contribution in [0.2, 0.25) is 0 Å². The van der Waals surface area contributed by atoms with Crippen LogP contribution in [0.4, 0.5) is 0 Å². The number of allylic oxidation sites excluding steroid dienone is 15. The fourth-order valence-electron chi connectivity index (χ4n) is 6.50. The summed E-state index contributed by atoms with van der Waals surface area (Å²) in [6, 6.07) is 0. The summed E-state index contributed by atoms with van der Waals surface area (Å²) in [6.45, 7) is 4.30. The minimum absolute atomic E-state index is 0.0129. The van der Waals surface area contributed by atoms with Gasteiger partial charge in [0.15, 0.2) is 6.10 Å². The Bertz CT molecular complexity index is 1510. The Morgan fingerprint density at radius 1 is 0.441 bits per heavy atom. The fourth-order valence-corrected chi connectivity index (χ4v) is 7.28. The van der Waals surface area contributed by atoms with Gasteiger partial charge in [-0.25, -0.2) is 4.57 Å². The van der Waals surface area contributed by atoms with Gasteiger partial charge in [-0.05, 0) is 96.3 Å². The van der Waals surface area contributed by atoms with Crippen molar-refractivity contribution in [1.29, 1.82) is 0 Å². The summed E-state index contributed by atoms with van der Waals surface area (Å²) >= 11 is 0. The second-order valence-corrected chi connectivity index (χ2v) is 18.4. The lowest BCUT2D eigenvalue weighted by molar-refractivity contribution is -0.161. The van der Waals surface area contributed by atoms with E-state index < -0.39 is 64.4 Å². The van der Waals surface area contributed by atoms with Crippen LogP contribution in [0.1, 0.15) is 201 Å². The number of hydrogen-bond acceptors (Lipinski definition) is 10. The van der Waals surface area contributed by atoms with E-state index in [0.717, 1.165) is 109 Å². The highest BCUT2D eigenvalue weighted by Crippen LogP contribution is 2.43. The van der Waals surface area contributed by atoms with E-state index in [2.05, 4.69) is 99.8 Å². The summed E-state index contributed by atoms with van der Waals surface area (Å²) < 4.78 is 39.2. The lowest BCUT2D eigenvalue weighted by Crippen LogP contribution is -2.30. The molecule has 0 spiro atoms. The van der Waals surface area contributed by atoms with E-state index in [1.54, 1.807) is 6.08 Å². The SMILES string of the molecule is CC/C=C\C/C=C\C/C=C\C/C=C\C/C=C\CC(=O)OCC(COP(=O)(O)OCC(CO)OC(=O)CCCCCCC/C=C\CCCC)OC(=O)CCCCCCC/C=C\C/C=C\CCCCC. The van der Waals surface area contributed by atoms with Crippen LogP contribution in [0, 0.1) is 0 Å². The van der Waals surface area contributed by atoms with Crippen LogP contribution >= 0.6 is 7.82 Å². The van der Waals surface area contributed by atoms with Crippen LogP contribution in [-0.2, 0) is 42.2 Å². The molecular formula is C56H93O11P. The van der Waals surface area contributed by atoms with Gasteiger partial charge >= 0.3 is 25.7 Å². The zero-order chi connectivity index (χ0) is 49.9. The average molecular weight is 973 g/mol. The molecule has 2 N–H and O–H groups in total. The molecule has 0 heterocycles. The molecule has 0 aliphatic rings. The summed E-state index contributed by atoms with van der Waals surface area (Å²) in [5.41, 5.74) is 0. The predicted molar refractivity (Wildman–Crippen MR) is 279 cm³/mol. The van der Waals surface area contributed by atoms with Gasteiger partial charge in [-0.15, -0.1) is 0 Å². The molecule has 3 atom stereocenters. The molecule has 0 aromatic heterocycles. The summed E-state index contributed by atoms with van der Waals surface area (Å²) in [7, 11) is -4.77. The second kappa shape index (κ2) is 49.8. The summed E-state index contributed by atoms with van der Waals surface area (Å²) in [5, 5.41) is 9.76. The third-order valence-electron chi connectivity index (χ3n) is 10.5. The number of esters is 3. The summed E-state index contributed by atoms with van der Waals surface area (Å²) in [4.78, 5) is 48.2. The molecule has 0 aliphatic heterocycles. The van der Waals surface area contributed by atoms with Crippen molar-refractivity contribution in [3.05, 3.63) is 97.2 Å². The van der Waals surface area contributed by atoms with E-state index in [4.69, 9.17) is 23.3 Å². The van der Waals surface area contributed by atoms with Gasteiger partial charge in [-0.2, -0.15) is 0 Å². The van der Waals surface area contributed by atoms with Gasteiger partial charge in [-0.1, -0.05) is 182 Å². The number of aliphatic hydroxyl groups excluding tert-OH is 1. The molecule has 0 radical (unpaired) electrons. The first-order valence-corrected chi connectivity index (χ1v) is 27.6. The van der Waals surface area contributed by atoms with E-state index in [1.165, 1.54) is 32.1 Å². The maximum absolute atomic E-state index is 12.8. The quantitative estimate of drug-likeness (QED) is 0.0197. The first-order valence-electron chi connectivity index (χ1n) is 26.1. The number of unbranched alkanes of at least 4 members (excludes halogenated alkanes) is 15. The number of carbonyl (C=O) groups is 3. The zero-order valence-corrected chi connectivity index (χ0v) is 43.4. The van der Waals surface area contributed by atoms with Crippen molar-refractivity contribution in [2.24, 2.45) is 0 Å². The Kier molecular flexibility index (Phi) is 47.2.